The summed E-state index contributed by atoms with van der Waals surface area (Å²) in [6.45, 7) is 3.71. The first-order valence-corrected chi connectivity index (χ1v) is 5.03. The molecule has 81 valence electrons. The highest BCUT2D eigenvalue weighted by Crippen LogP contribution is 2.27. The van der Waals surface area contributed by atoms with Crippen molar-refractivity contribution < 1.29 is 8.78 Å². The lowest BCUT2D eigenvalue weighted by atomic mass is 10.00. The molecule has 0 saturated carbocycles. The summed E-state index contributed by atoms with van der Waals surface area (Å²) < 4.78 is 27.1. The third-order valence-corrected chi connectivity index (χ3v) is 2.39. The van der Waals surface area contributed by atoms with Gasteiger partial charge in [0.15, 0.2) is 0 Å². The Hall–Kier alpha value is -1.70. The molecular formula is C14H11F2. The lowest BCUT2D eigenvalue weighted by Gasteiger charge is -2.07. The van der Waals surface area contributed by atoms with Gasteiger partial charge in [-0.25, -0.2) is 8.78 Å². The number of hydrogen-bond acceptors (Lipinski definition) is 0. The molecule has 0 atom stereocenters. The molecule has 1 radical (unpaired) electrons. The minimum atomic E-state index is -0.537. The summed E-state index contributed by atoms with van der Waals surface area (Å²) in [7, 11) is 0. The zero-order valence-electron chi connectivity index (χ0n) is 9.14. The van der Waals surface area contributed by atoms with Crippen LogP contribution in [0, 0.1) is 31.5 Å². The maximum Gasteiger partial charge on any atom is 0.133 e. The molecular weight excluding hydrogens is 206 g/mol. The van der Waals surface area contributed by atoms with Crippen molar-refractivity contribution in [3.63, 3.8) is 0 Å². The molecule has 0 saturated heterocycles. The van der Waals surface area contributed by atoms with E-state index in [9.17, 15) is 8.78 Å². The molecule has 0 aliphatic heterocycles. The summed E-state index contributed by atoms with van der Waals surface area (Å²) in [5.41, 5.74) is 2.34. The van der Waals surface area contributed by atoms with E-state index in [1.807, 2.05) is 13.8 Å². The maximum absolute atomic E-state index is 13.5. The van der Waals surface area contributed by atoms with Crippen LogP contribution in [0.5, 0.6) is 0 Å². The molecule has 0 spiro atoms. The van der Waals surface area contributed by atoms with Crippen LogP contribution >= 0.6 is 0 Å². The Morgan fingerprint density at radius 2 is 1.44 bits per heavy atom. The molecule has 0 amide bonds. The van der Waals surface area contributed by atoms with Gasteiger partial charge in [-0.15, -0.1) is 0 Å². The molecule has 0 bridgehead atoms. The Morgan fingerprint density at radius 3 is 1.94 bits per heavy atom. The molecule has 0 aliphatic rings. The molecule has 16 heavy (non-hydrogen) atoms. The van der Waals surface area contributed by atoms with Gasteiger partial charge in [-0.3, -0.25) is 0 Å². The number of aryl methyl sites for hydroxylation is 2. The van der Waals surface area contributed by atoms with Crippen molar-refractivity contribution in [2.24, 2.45) is 0 Å². The lowest BCUT2D eigenvalue weighted by Crippen LogP contribution is -1.91. The SMILES string of the molecule is Cc1[c]c(C)cc(-c2c(F)cccc2F)c1. The zero-order chi connectivity index (χ0) is 11.7. The lowest BCUT2D eigenvalue weighted by molar-refractivity contribution is 0.589. The Morgan fingerprint density at radius 1 is 0.938 bits per heavy atom. The van der Waals surface area contributed by atoms with Crippen LogP contribution in [-0.2, 0) is 0 Å². The van der Waals surface area contributed by atoms with Crippen LogP contribution in [0.2, 0.25) is 0 Å². The van der Waals surface area contributed by atoms with Crippen LogP contribution in [0.1, 0.15) is 11.1 Å². The van der Waals surface area contributed by atoms with E-state index in [4.69, 9.17) is 0 Å². The minimum Gasteiger partial charge on any atom is -0.206 e. The van der Waals surface area contributed by atoms with Crippen LogP contribution in [-0.4, -0.2) is 0 Å². The van der Waals surface area contributed by atoms with Gasteiger partial charge in [0.1, 0.15) is 11.6 Å². The van der Waals surface area contributed by atoms with Crippen molar-refractivity contribution in [2.75, 3.05) is 0 Å². The molecule has 2 rings (SSSR count). The number of benzene rings is 2. The summed E-state index contributed by atoms with van der Waals surface area (Å²) in [5.74, 6) is -1.07. The fourth-order valence-electron chi connectivity index (χ4n) is 1.81. The second kappa shape index (κ2) is 4.05. The van der Waals surface area contributed by atoms with E-state index in [-0.39, 0.29) is 5.56 Å². The molecule has 0 aromatic heterocycles. The van der Waals surface area contributed by atoms with Gasteiger partial charge in [0.2, 0.25) is 0 Å². The van der Waals surface area contributed by atoms with Crippen LogP contribution in [0.15, 0.2) is 30.3 Å². The van der Waals surface area contributed by atoms with Crippen molar-refractivity contribution in [1.29, 1.82) is 0 Å². The third kappa shape index (κ3) is 1.96. The molecule has 2 aromatic carbocycles. The minimum absolute atomic E-state index is 0.0303. The van der Waals surface area contributed by atoms with Gasteiger partial charge in [-0.1, -0.05) is 18.2 Å². The smallest absolute Gasteiger partial charge is 0.133 e. The van der Waals surface area contributed by atoms with Gasteiger partial charge >= 0.3 is 0 Å². The van der Waals surface area contributed by atoms with Crippen molar-refractivity contribution in [2.45, 2.75) is 13.8 Å². The summed E-state index contributed by atoms with van der Waals surface area (Å²) in [5, 5.41) is 0. The first kappa shape index (κ1) is 10.8. The summed E-state index contributed by atoms with van der Waals surface area (Å²) in [6, 6.07) is 10.4. The average Bonchev–Trinajstić information content (AvgIpc) is 2.15. The molecule has 2 aromatic rings. The average molecular weight is 217 g/mol. The van der Waals surface area contributed by atoms with Gasteiger partial charge < -0.3 is 0 Å². The highest BCUT2D eigenvalue weighted by molar-refractivity contribution is 5.66. The molecule has 0 N–H and O–H groups in total. The monoisotopic (exact) mass is 217 g/mol. The predicted molar refractivity (Wildman–Crippen MR) is 60.1 cm³/mol. The van der Waals surface area contributed by atoms with Crippen molar-refractivity contribution in [3.8, 4) is 11.1 Å². The Kier molecular flexibility index (Phi) is 2.73. The normalized spacial score (nSPS) is 10.5. The Bertz CT molecular complexity index is 490. The Labute approximate surface area is 93.5 Å². The molecule has 0 aliphatic carbocycles. The van der Waals surface area contributed by atoms with Crippen LogP contribution in [0.25, 0.3) is 11.1 Å². The van der Waals surface area contributed by atoms with E-state index in [0.717, 1.165) is 11.1 Å². The quantitative estimate of drug-likeness (QED) is 0.676. The number of hydrogen-bond donors (Lipinski definition) is 0. The van der Waals surface area contributed by atoms with E-state index >= 15 is 0 Å². The summed E-state index contributed by atoms with van der Waals surface area (Å²) >= 11 is 0. The highest BCUT2D eigenvalue weighted by atomic mass is 19.1. The highest BCUT2D eigenvalue weighted by Gasteiger charge is 2.11. The van der Waals surface area contributed by atoms with Crippen molar-refractivity contribution >= 4 is 0 Å². The third-order valence-electron chi connectivity index (χ3n) is 2.39. The summed E-state index contributed by atoms with van der Waals surface area (Å²) in [6.07, 6.45) is 0. The van der Waals surface area contributed by atoms with Crippen LogP contribution in [0.3, 0.4) is 0 Å². The molecule has 2 heteroatoms. The van der Waals surface area contributed by atoms with Gasteiger partial charge in [-0.05, 0) is 48.7 Å². The maximum atomic E-state index is 13.5. The van der Waals surface area contributed by atoms with E-state index < -0.39 is 11.6 Å². The molecule has 0 heterocycles. The fraction of sp³-hybridized carbons (Fsp3) is 0.143. The Balaban J connectivity index is 2.67. The second-order valence-electron chi connectivity index (χ2n) is 3.83. The van der Waals surface area contributed by atoms with E-state index in [0.29, 0.717) is 5.56 Å². The topological polar surface area (TPSA) is 0 Å². The second-order valence-corrected chi connectivity index (χ2v) is 3.83. The fourth-order valence-corrected chi connectivity index (χ4v) is 1.81. The number of halogens is 2. The largest absolute Gasteiger partial charge is 0.206 e. The zero-order valence-corrected chi connectivity index (χ0v) is 9.14. The van der Waals surface area contributed by atoms with Gasteiger partial charge in [0, 0.05) is 0 Å². The first-order chi connectivity index (χ1) is 7.58. The van der Waals surface area contributed by atoms with Crippen LogP contribution < -0.4 is 0 Å². The predicted octanol–water partition coefficient (Wildman–Crippen LogP) is 4.05. The van der Waals surface area contributed by atoms with E-state index in [2.05, 4.69) is 6.07 Å². The van der Waals surface area contributed by atoms with Gasteiger partial charge in [0.05, 0.1) is 5.56 Å². The molecule has 0 nitrogen and oxygen atoms in total. The molecule has 0 unspecified atom stereocenters. The van der Waals surface area contributed by atoms with Crippen molar-refractivity contribution in [3.05, 3.63) is 59.2 Å². The standard InChI is InChI=1S/C14H11F2/c1-9-6-10(2)8-11(7-9)14-12(15)4-3-5-13(14)16/h3-5,7-8H,1-2H3. The van der Waals surface area contributed by atoms with E-state index in [1.54, 1.807) is 12.1 Å². The van der Waals surface area contributed by atoms with Gasteiger partial charge in [0.25, 0.3) is 0 Å². The van der Waals surface area contributed by atoms with E-state index in [1.165, 1.54) is 18.2 Å². The van der Waals surface area contributed by atoms with Crippen molar-refractivity contribution in [1.82, 2.24) is 0 Å². The number of rotatable bonds is 1. The van der Waals surface area contributed by atoms with Crippen LogP contribution in [0.4, 0.5) is 8.78 Å². The molecule has 0 fully saturated rings. The summed E-state index contributed by atoms with van der Waals surface area (Å²) in [4.78, 5) is 0. The van der Waals surface area contributed by atoms with Gasteiger partial charge in [-0.2, -0.15) is 0 Å². The first-order valence-electron chi connectivity index (χ1n) is 5.03.